The Bertz CT molecular complexity index is 1410. The quantitative estimate of drug-likeness (QED) is 0.417. The maximum atomic E-state index is 12.5. The molecule has 1 saturated heterocycles. The van der Waals surface area contributed by atoms with Gasteiger partial charge >= 0.3 is 0 Å². The van der Waals surface area contributed by atoms with Crippen LogP contribution in [0.3, 0.4) is 0 Å². The number of aryl methyl sites for hydroxylation is 1. The van der Waals surface area contributed by atoms with Crippen LogP contribution in [0.4, 0.5) is 17.3 Å². The molecule has 11 heteroatoms. The van der Waals surface area contributed by atoms with Crippen molar-refractivity contribution in [3.63, 3.8) is 0 Å². The minimum atomic E-state index is -0.987. The van der Waals surface area contributed by atoms with Crippen LogP contribution >= 0.6 is 0 Å². The smallest absolute Gasteiger partial charge is 0.275 e. The number of aromatic nitrogens is 6. The van der Waals surface area contributed by atoms with Gasteiger partial charge in [0.05, 0.1) is 6.20 Å². The van der Waals surface area contributed by atoms with Crippen LogP contribution in [0, 0.1) is 0 Å². The molecule has 1 aromatic carbocycles. The topological polar surface area (TPSA) is 120 Å². The van der Waals surface area contributed by atoms with Gasteiger partial charge in [-0.05, 0) is 38.2 Å². The summed E-state index contributed by atoms with van der Waals surface area (Å²) in [6.07, 6.45) is 3.94. The second kappa shape index (κ2) is 7.67. The molecule has 0 saturated carbocycles. The maximum absolute atomic E-state index is 12.5. The van der Waals surface area contributed by atoms with Gasteiger partial charge < -0.3 is 24.8 Å². The van der Waals surface area contributed by atoms with E-state index in [1.807, 2.05) is 22.9 Å². The van der Waals surface area contributed by atoms with Gasteiger partial charge in [-0.1, -0.05) is 0 Å². The molecular formula is C23H27N9O2. The highest BCUT2D eigenvalue weighted by Gasteiger charge is 2.35. The first-order valence-corrected chi connectivity index (χ1v) is 11.5. The number of rotatable bonds is 4. The summed E-state index contributed by atoms with van der Waals surface area (Å²) in [5.41, 5.74) is 1.20. The van der Waals surface area contributed by atoms with Crippen LogP contribution < -0.4 is 15.8 Å². The van der Waals surface area contributed by atoms with Gasteiger partial charge in [-0.3, -0.25) is 9.89 Å². The van der Waals surface area contributed by atoms with E-state index < -0.39 is 5.60 Å². The van der Waals surface area contributed by atoms with Crippen molar-refractivity contribution in [1.82, 2.24) is 34.2 Å². The third-order valence-corrected chi connectivity index (χ3v) is 6.74. The first kappa shape index (κ1) is 20.9. The van der Waals surface area contributed by atoms with Crippen LogP contribution in [0.25, 0.3) is 16.9 Å². The van der Waals surface area contributed by atoms with E-state index in [0.29, 0.717) is 41.6 Å². The van der Waals surface area contributed by atoms with Crippen LogP contribution in [0.15, 0.2) is 41.5 Å². The Balaban J connectivity index is 1.27. The minimum Gasteiger partial charge on any atom is -0.382 e. The molecule has 0 spiro atoms. The van der Waals surface area contributed by atoms with Crippen molar-refractivity contribution >= 4 is 28.4 Å². The van der Waals surface area contributed by atoms with E-state index in [2.05, 4.69) is 54.3 Å². The Kier molecular flexibility index (Phi) is 4.71. The Labute approximate surface area is 195 Å². The Hall–Kier alpha value is -3.70. The monoisotopic (exact) mass is 461 g/mol. The van der Waals surface area contributed by atoms with Crippen LogP contribution in [-0.2, 0) is 12.1 Å². The molecule has 3 aromatic heterocycles. The number of nitrogens with zero attached hydrogens (tertiary/aromatic N) is 7. The number of imidazole rings is 1. The molecule has 5 heterocycles. The minimum absolute atomic E-state index is 0.294. The molecule has 34 heavy (non-hydrogen) atoms. The first-order chi connectivity index (χ1) is 16.4. The summed E-state index contributed by atoms with van der Waals surface area (Å²) >= 11 is 0. The van der Waals surface area contributed by atoms with Crippen molar-refractivity contribution in [3.8, 4) is 5.82 Å². The fourth-order valence-electron chi connectivity index (χ4n) is 4.65. The number of aromatic amines is 1. The molecule has 2 aliphatic heterocycles. The lowest BCUT2D eigenvalue weighted by Gasteiger charge is -2.34. The average molecular weight is 462 g/mol. The summed E-state index contributed by atoms with van der Waals surface area (Å²) < 4.78 is 3.45. The molecule has 0 aliphatic carbocycles. The molecule has 0 bridgehead atoms. The van der Waals surface area contributed by atoms with E-state index in [1.165, 1.54) is 11.9 Å². The van der Waals surface area contributed by atoms with E-state index in [4.69, 9.17) is 0 Å². The fourth-order valence-corrected chi connectivity index (χ4v) is 4.65. The Morgan fingerprint density at radius 3 is 2.59 bits per heavy atom. The normalized spacial score (nSPS) is 20.7. The summed E-state index contributed by atoms with van der Waals surface area (Å²) in [6, 6.07) is 8.20. The summed E-state index contributed by atoms with van der Waals surface area (Å²) in [6.45, 7) is 6.57. The van der Waals surface area contributed by atoms with Gasteiger partial charge in [0.15, 0.2) is 11.5 Å². The lowest BCUT2D eigenvalue weighted by Crippen LogP contribution is -2.44. The molecule has 2 aliphatic rings. The van der Waals surface area contributed by atoms with E-state index in [1.54, 1.807) is 11.6 Å². The molecule has 0 radical (unpaired) electrons. The number of H-pyrrole nitrogens is 1. The van der Waals surface area contributed by atoms with Crippen molar-refractivity contribution in [1.29, 1.82) is 0 Å². The maximum Gasteiger partial charge on any atom is 0.275 e. The second-order valence-electron chi connectivity index (χ2n) is 9.31. The molecule has 11 nitrogen and oxygen atoms in total. The van der Waals surface area contributed by atoms with E-state index in [-0.39, 0.29) is 5.56 Å². The SMILES string of the molecule is CN1CCN(c2ccc(Nc3ncc4c(=O)[nH]n(-c5cn6c(n5)C(C)(O)CC6)c4n3)cc2)CC1. The predicted molar refractivity (Wildman–Crippen MR) is 129 cm³/mol. The zero-order valence-corrected chi connectivity index (χ0v) is 19.2. The van der Waals surface area contributed by atoms with E-state index in [0.717, 1.165) is 31.9 Å². The molecule has 4 aromatic rings. The Morgan fingerprint density at radius 1 is 1.09 bits per heavy atom. The zero-order chi connectivity index (χ0) is 23.4. The lowest BCUT2D eigenvalue weighted by atomic mass is 10.1. The largest absolute Gasteiger partial charge is 0.382 e. The molecule has 1 fully saturated rings. The fraction of sp³-hybridized carbons (Fsp3) is 0.391. The third-order valence-electron chi connectivity index (χ3n) is 6.74. The lowest BCUT2D eigenvalue weighted by molar-refractivity contribution is 0.0551. The number of likely N-dealkylation sites (N-methyl/N-ethyl adjacent to an activating group) is 1. The van der Waals surface area contributed by atoms with Crippen molar-refractivity contribution in [2.24, 2.45) is 0 Å². The Morgan fingerprint density at radius 2 is 1.85 bits per heavy atom. The first-order valence-electron chi connectivity index (χ1n) is 11.5. The van der Waals surface area contributed by atoms with Gasteiger partial charge in [0, 0.05) is 56.7 Å². The molecule has 0 amide bonds. The second-order valence-corrected chi connectivity index (χ2v) is 9.31. The number of anilines is 3. The van der Waals surface area contributed by atoms with Crippen molar-refractivity contribution < 1.29 is 5.11 Å². The van der Waals surface area contributed by atoms with Crippen molar-refractivity contribution in [3.05, 3.63) is 52.8 Å². The average Bonchev–Trinajstić information content (AvgIpc) is 3.48. The molecular weight excluding hydrogens is 434 g/mol. The van der Waals surface area contributed by atoms with Crippen LogP contribution in [0.2, 0.25) is 0 Å². The van der Waals surface area contributed by atoms with Crippen molar-refractivity contribution in [2.45, 2.75) is 25.5 Å². The number of aliphatic hydroxyl groups is 1. The summed E-state index contributed by atoms with van der Waals surface area (Å²) in [5, 5.41) is 16.9. The number of hydrogen-bond donors (Lipinski definition) is 3. The van der Waals surface area contributed by atoms with Gasteiger partial charge in [-0.15, -0.1) is 0 Å². The van der Waals surface area contributed by atoms with Crippen LogP contribution in [0.1, 0.15) is 19.2 Å². The van der Waals surface area contributed by atoms with Crippen LogP contribution in [0.5, 0.6) is 0 Å². The highest BCUT2D eigenvalue weighted by atomic mass is 16.3. The number of piperazine rings is 1. The van der Waals surface area contributed by atoms with E-state index >= 15 is 0 Å². The number of nitrogens with one attached hydrogen (secondary N) is 2. The standard InChI is InChI=1S/C23H27N9O2/c1-23(34)7-8-31-14-18(26-21(23)31)32-19-17(20(33)28-32)13-24-22(27-19)25-15-3-5-16(6-4-15)30-11-9-29(2)10-12-30/h3-6,13-14,34H,7-12H2,1-2H3,(H,28,33)(H,24,25,27). The molecule has 1 atom stereocenters. The van der Waals surface area contributed by atoms with Gasteiger partial charge in [0.25, 0.3) is 5.56 Å². The van der Waals surface area contributed by atoms with Gasteiger partial charge in [-0.25, -0.2) is 14.6 Å². The highest BCUT2D eigenvalue weighted by molar-refractivity contribution is 5.76. The molecule has 6 rings (SSSR count). The highest BCUT2D eigenvalue weighted by Crippen LogP contribution is 2.32. The van der Waals surface area contributed by atoms with E-state index in [9.17, 15) is 9.90 Å². The van der Waals surface area contributed by atoms with Crippen LogP contribution in [-0.4, -0.2) is 72.5 Å². The summed E-state index contributed by atoms with van der Waals surface area (Å²) in [5.74, 6) is 1.47. The van der Waals surface area contributed by atoms with Crippen molar-refractivity contribution in [2.75, 3.05) is 43.4 Å². The molecule has 3 N–H and O–H groups in total. The molecule has 1 unspecified atom stereocenters. The number of hydrogen-bond acceptors (Lipinski definition) is 8. The molecule has 176 valence electrons. The zero-order valence-electron chi connectivity index (χ0n) is 19.2. The summed E-state index contributed by atoms with van der Waals surface area (Å²) in [4.78, 5) is 30.7. The third kappa shape index (κ3) is 3.53. The number of benzene rings is 1. The van der Waals surface area contributed by atoms with Gasteiger partial charge in [-0.2, -0.15) is 4.98 Å². The summed E-state index contributed by atoms with van der Waals surface area (Å²) in [7, 11) is 2.15. The number of fused-ring (bicyclic) bond motifs is 2. The predicted octanol–water partition coefficient (Wildman–Crippen LogP) is 1.41. The van der Waals surface area contributed by atoms with Gasteiger partial charge in [0.2, 0.25) is 5.95 Å². The van der Waals surface area contributed by atoms with Gasteiger partial charge in [0.1, 0.15) is 16.8 Å².